The van der Waals surface area contributed by atoms with E-state index in [1.807, 2.05) is 0 Å². The molecule has 3 rings (SSSR count). The lowest BCUT2D eigenvalue weighted by molar-refractivity contribution is -0.0277. The van der Waals surface area contributed by atoms with Crippen LogP contribution in [-0.2, 0) is 20.5 Å². The van der Waals surface area contributed by atoms with E-state index in [1.54, 1.807) is 13.0 Å². The monoisotopic (exact) mass is 342 g/mol. The van der Waals surface area contributed by atoms with Gasteiger partial charge in [-0.2, -0.15) is 0 Å². The van der Waals surface area contributed by atoms with Gasteiger partial charge in [0, 0.05) is 31.2 Å². The lowest BCUT2D eigenvalue weighted by Gasteiger charge is -2.33. The van der Waals surface area contributed by atoms with E-state index in [2.05, 4.69) is 9.62 Å². The SMILES string of the molecule is Cc1ccc(CS(=O)(=O)NCC2CN(C3CC3)CCO2)c(F)c1. The molecule has 2 fully saturated rings. The van der Waals surface area contributed by atoms with E-state index in [4.69, 9.17) is 4.74 Å². The van der Waals surface area contributed by atoms with Gasteiger partial charge in [-0.15, -0.1) is 0 Å². The largest absolute Gasteiger partial charge is 0.374 e. The predicted octanol–water partition coefficient (Wildman–Crippen LogP) is 1.42. The number of halogens is 1. The number of hydrogen-bond acceptors (Lipinski definition) is 4. The summed E-state index contributed by atoms with van der Waals surface area (Å²) in [4.78, 5) is 2.36. The zero-order valence-electron chi connectivity index (χ0n) is 13.3. The maximum absolute atomic E-state index is 13.8. The molecule has 1 N–H and O–H groups in total. The molecule has 1 aromatic rings. The number of rotatable bonds is 6. The number of sulfonamides is 1. The molecule has 1 heterocycles. The average molecular weight is 342 g/mol. The number of morpholine rings is 1. The van der Waals surface area contributed by atoms with Crippen LogP contribution in [0.4, 0.5) is 4.39 Å². The van der Waals surface area contributed by atoms with E-state index in [-0.39, 0.29) is 24.0 Å². The van der Waals surface area contributed by atoms with Crippen molar-refractivity contribution in [1.82, 2.24) is 9.62 Å². The summed E-state index contributed by atoms with van der Waals surface area (Å²) in [6.45, 7) is 4.31. The van der Waals surface area contributed by atoms with Crippen molar-refractivity contribution in [2.45, 2.75) is 37.7 Å². The third kappa shape index (κ3) is 4.73. The van der Waals surface area contributed by atoms with Gasteiger partial charge in [0.1, 0.15) is 5.82 Å². The smallest absolute Gasteiger partial charge is 0.215 e. The number of nitrogens with zero attached hydrogens (tertiary/aromatic N) is 1. The number of ether oxygens (including phenoxy) is 1. The van der Waals surface area contributed by atoms with Gasteiger partial charge >= 0.3 is 0 Å². The zero-order chi connectivity index (χ0) is 16.4. The molecule has 1 atom stereocenters. The second kappa shape index (κ2) is 6.84. The van der Waals surface area contributed by atoms with Crippen LogP contribution in [-0.4, -0.2) is 51.7 Å². The molecule has 1 saturated carbocycles. The lowest BCUT2D eigenvalue weighted by atomic mass is 10.2. The van der Waals surface area contributed by atoms with E-state index >= 15 is 0 Å². The quantitative estimate of drug-likeness (QED) is 0.849. The molecule has 1 aromatic carbocycles. The number of nitrogens with one attached hydrogen (secondary N) is 1. The van der Waals surface area contributed by atoms with E-state index in [9.17, 15) is 12.8 Å². The van der Waals surface area contributed by atoms with Crippen LogP contribution in [0.15, 0.2) is 18.2 Å². The Kier molecular flexibility index (Phi) is 5.01. The van der Waals surface area contributed by atoms with Crippen molar-refractivity contribution in [3.05, 3.63) is 35.1 Å². The Morgan fingerprint density at radius 1 is 1.39 bits per heavy atom. The van der Waals surface area contributed by atoms with Crippen LogP contribution in [0.5, 0.6) is 0 Å². The molecule has 23 heavy (non-hydrogen) atoms. The normalized spacial score (nSPS) is 23.1. The molecule has 128 valence electrons. The zero-order valence-corrected chi connectivity index (χ0v) is 14.1. The number of aryl methyl sites for hydroxylation is 1. The molecule has 0 spiro atoms. The van der Waals surface area contributed by atoms with E-state index in [0.29, 0.717) is 12.6 Å². The van der Waals surface area contributed by atoms with Crippen LogP contribution in [0, 0.1) is 12.7 Å². The van der Waals surface area contributed by atoms with Gasteiger partial charge in [-0.3, -0.25) is 4.90 Å². The van der Waals surface area contributed by atoms with Crippen LogP contribution in [0.2, 0.25) is 0 Å². The van der Waals surface area contributed by atoms with Crippen LogP contribution >= 0.6 is 0 Å². The molecule has 0 aromatic heterocycles. The Morgan fingerprint density at radius 2 is 2.17 bits per heavy atom. The summed E-state index contributed by atoms with van der Waals surface area (Å²) in [5.41, 5.74) is 0.958. The molecule has 5 nitrogen and oxygen atoms in total. The first-order valence-corrected chi connectivity index (χ1v) is 9.66. The van der Waals surface area contributed by atoms with Gasteiger partial charge in [-0.25, -0.2) is 17.5 Å². The fraction of sp³-hybridized carbons (Fsp3) is 0.625. The fourth-order valence-corrected chi connectivity index (χ4v) is 4.07. The summed E-state index contributed by atoms with van der Waals surface area (Å²) in [7, 11) is -3.58. The molecule has 1 aliphatic heterocycles. The summed E-state index contributed by atoms with van der Waals surface area (Å²) >= 11 is 0. The van der Waals surface area contributed by atoms with Crippen molar-refractivity contribution in [3.8, 4) is 0 Å². The topological polar surface area (TPSA) is 58.6 Å². The third-order valence-electron chi connectivity index (χ3n) is 4.32. The van der Waals surface area contributed by atoms with Crippen molar-refractivity contribution >= 4 is 10.0 Å². The molecule has 2 aliphatic rings. The summed E-state index contributed by atoms with van der Waals surface area (Å²) in [5, 5.41) is 0. The van der Waals surface area contributed by atoms with Gasteiger partial charge in [0.2, 0.25) is 10.0 Å². The minimum absolute atomic E-state index is 0.137. The third-order valence-corrected chi connectivity index (χ3v) is 5.62. The Morgan fingerprint density at radius 3 is 2.87 bits per heavy atom. The van der Waals surface area contributed by atoms with Crippen molar-refractivity contribution in [2.75, 3.05) is 26.2 Å². The summed E-state index contributed by atoms with van der Waals surface area (Å²) < 4.78 is 46.3. The first-order valence-electron chi connectivity index (χ1n) is 8.01. The minimum Gasteiger partial charge on any atom is -0.374 e. The molecule has 7 heteroatoms. The molecule has 0 bridgehead atoms. The average Bonchev–Trinajstić information content (AvgIpc) is 3.33. The predicted molar refractivity (Wildman–Crippen MR) is 86.1 cm³/mol. The molecule has 1 aliphatic carbocycles. The summed E-state index contributed by atoms with van der Waals surface area (Å²) in [6.07, 6.45) is 2.32. The highest BCUT2D eigenvalue weighted by atomic mass is 32.2. The van der Waals surface area contributed by atoms with Gasteiger partial charge < -0.3 is 4.74 Å². The Bertz CT molecular complexity index is 661. The van der Waals surface area contributed by atoms with Crippen LogP contribution < -0.4 is 4.72 Å². The highest BCUT2D eigenvalue weighted by Gasteiger charge is 2.33. The van der Waals surface area contributed by atoms with Crippen molar-refractivity contribution in [3.63, 3.8) is 0 Å². The second-order valence-electron chi connectivity index (χ2n) is 6.42. The van der Waals surface area contributed by atoms with Crippen molar-refractivity contribution in [2.24, 2.45) is 0 Å². The summed E-state index contributed by atoms with van der Waals surface area (Å²) in [5.74, 6) is -0.831. The number of hydrogen-bond donors (Lipinski definition) is 1. The highest BCUT2D eigenvalue weighted by molar-refractivity contribution is 7.88. The van der Waals surface area contributed by atoms with Gasteiger partial charge in [0.25, 0.3) is 0 Å². The second-order valence-corrected chi connectivity index (χ2v) is 8.23. The van der Waals surface area contributed by atoms with Gasteiger partial charge in [-0.1, -0.05) is 12.1 Å². The molecule has 0 radical (unpaired) electrons. The fourth-order valence-electron chi connectivity index (χ4n) is 2.88. The molecular formula is C16H23FN2O3S. The van der Waals surface area contributed by atoms with Crippen LogP contribution in [0.1, 0.15) is 24.0 Å². The van der Waals surface area contributed by atoms with Crippen LogP contribution in [0.3, 0.4) is 0 Å². The maximum Gasteiger partial charge on any atom is 0.215 e. The maximum atomic E-state index is 13.8. The minimum atomic E-state index is -3.58. The van der Waals surface area contributed by atoms with Crippen molar-refractivity contribution in [1.29, 1.82) is 0 Å². The van der Waals surface area contributed by atoms with E-state index in [1.165, 1.54) is 25.0 Å². The number of benzene rings is 1. The highest BCUT2D eigenvalue weighted by Crippen LogP contribution is 2.28. The Balaban J connectivity index is 1.53. The van der Waals surface area contributed by atoms with E-state index in [0.717, 1.165) is 18.7 Å². The van der Waals surface area contributed by atoms with Gasteiger partial charge in [-0.05, 0) is 31.4 Å². The standard InChI is InChI=1S/C16H23FN2O3S/c1-12-2-3-13(16(17)8-12)11-23(20,21)18-9-15-10-19(6-7-22-15)14-4-5-14/h2-3,8,14-15,18H,4-7,9-11H2,1H3. The van der Waals surface area contributed by atoms with E-state index < -0.39 is 15.8 Å². The van der Waals surface area contributed by atoms with Crippen LogP contribution in [0.25, 0.3) is 0 Å². The Hall–Kier alpha value is -1.02. The molecule has 1 unspecified atom stereocenters. The summed E-state index contributed by atoms with van der Waals surface area (Å²) in [6, 6.07) is 5.24. The molecular weight excluding hydrogens is 319 g/mol. The van der Waals surface area contributed by atoms with Crippen molar-refractivity contribution < 1.29 is 17.5 Å². The first kappa shape index (κ1) is 16.8. The molecule has 0 amide bonds. The van der Waals surface area contributed by atoms with Gasteiger partial charge in [0.15, 0.2) is 0 Å². The molecule has 1 saturated heterocycles. The Labute approximate surface area is 136 Å². The van der Waals surface area contributed by atoms with Gasteiger partial charge in [0.05, 0.1) is 18.5 Å². The lowest BCUT2D eigenvalue weighted by Crippen LogP contribution is -2.48. The first-order chi connectivity index (χ1) is 10.9.